The summed E-state index contributed by atoms with van der Waals surface area (Å²) in [4.78, 5) is 23.5. The predicted octanol–water partition coefficient (Wildman–Crippen LogP) is 2.38. The summed E-state index contributed by atoms with van der Waals surface area (Å²) in [6, 6.07) is 1.91. The number of carbonyl (C=O) groups excluding carboxylic acids is 2. The number of carbonyl (C=O) groups is 2. The molecule has 0 bridgehead atoms. The van der Waals surface area contributed by atoms with E-state index in [2.05, 4.69) is 10.4 Å². The lowest BCUT2D eigenvalue weighted by Gasteiger charge is -2.17. The van der Waals surface area contributed by atoms with Crippen LogP contribution in [0.5, 0.6) is 0 Å². The highest BCUT2D eigenvalue weighted by molar-refractivity contribution is 5.94. The van der Waals surface area contributed by atoms with E-state index in [1.54, 1.807) is 37.7 Å². The van der Waals surface area contributed by atoms with Crippen LogP contribution in [0.1, 0.15) is 47.1 Å². The second kappa shape index (κ2) is 7.07. The van der Waals surface area contributed by atoms with Gasteiger partial charge in [-0.15, -0.1) is 0 Å². The van der Waals surface area contributed by atoms with Crippen molar-refractivity contribution >= 4 is 17.7 Å². The van der Waals surface area contributed by atoms with Gasteiger partial charge >= 0.3 is 5.97 Å². The van der Waals surface area contributed by atoms with Gasteiger partial charge in [-0.2, -0.15) is 5.10 Å². The first-order valence-electron chi connectivity index (χ1n) is 6.91. The van der Waals surface area contributed by atoms with Gasteiger partial charge in [-0.1, -0.05) is 20.8 Å². The molecule has 0 aliphatic heterocycles. The van der Waals surface area contributed by atoms with Crippen molar-refractivity contribution in [2.45, 2.75) is 53.2 Å². The Morgan fingerprint density at radius 3 is 2.55 bits per heavy atom. The number of aromatic nitrogens is 2. The lowest BCUT2D eigenvalue weighted by Crippen LogP contribution is -2.32. The zero-order valence-electron chi connectivity index (χ0n) is 12.7. The number of ether oxygens (including phenoxy) is 1. The number of rotatable bonds is 6. The average molecular weight is 281 g/mol. The van der Waals surface area contributed by atoms with Gasteiger partial charge in [0.2, 0.25) is 0 Å². The standard InChI is InChI=1S/C14H23N3O3/c1-6-10(4)17-12(7-8-15-17)16-13(18)11(5)20-14(19)9(2)3/h7-11H,6H2,1-5H3,(H,16,18)/t10-,11+/m1/s1. The Labute approximate surface area is 119 Å². The molecule has 0 fully saturated rings. The molecule has 20 heavy (non-hydrogen) atoms. The van der Waals surface area contributed by atoms with E-state index in [0.717, 1.165) is 6.42 Å². The molecule has 0 saturated carbocycles. The van der Waals surface area contributed by atoms with Crippen molar-refractivity contribution < 1.29 is 14.3 Å². The molecule has 112 valence electrons. The van der Waals surface area contributed by atoms with Crippen molar-refractivity contribution in [3.8, 4) is 0 Å². The fraction of sp³-hybridized carbons (Fsp3) is 0.643. The maximum atomic E-state index is 12.0. The van der Waals surface area contributed by atoms with Crippen LogP contribution in [0.3, 0.4) is 0 Å². The first kappa shape index (κ1) is 16.2. The molecule has 2 atom stereocenters. The summed E-state index contributed by atoms with van der Waals surface area (Å²) >= 11 is 0. The Bertz CT molecular complexity index is 468. The summed E-state index contributed by atoms with van der Waals surface area (Å²) < 4.78 is 6.81. The van der Waals surface area contributed by atoms with Crippen LogP contribution in [0.15, 0.2) is 12.3 Å². The van der Waals surface area contributed by atoms with E-state index in [9.17, 15) is 9.59 Å². The number of hydrogen-bond acceptors (Lipinski definition) is 4. The summed E-state index contributed by atoms with van der Waals surface area (Å²) in [5, 5.41) is 6.92. The summed E-state index contributed by atoms with van der Waals surface area (Å²) in [5.74, 6) is -0.389. The molecule has 0 radical (unpaired) electrons. The van der Waals surface area contributed by atoms with Crippen LogP contribution >= 0.6 is 0 Å². The third-order valence-corrected chi connectivity index (χ3v) is 3.06. The smallest absolute Gasteiger partial charge is 0.309 e. The third-order valence-electron chi connectivity index (χ3n) is 3.06. The molecule has 6 nitrogen and oxygen atoms in total. The molecule has 0 saturated heterocycles. The SMILES string of the molecule is CC[C@@H](C)n1nccc1NC(=O)[C@H](C)OC(=O)C(C)C. The van der Waals surface area contributed by atoms with E-state index in [1.165, 1.54) is 0 Å². The molecule has 6 heteroatoms. The van der Waals surface area contributed by atoms with Crippen LogP contribution in [-0.4, -0.2) is 27.8 Å². The fourth-order valence-corrected chi connectivity index (χ4v) is 1.53. The minimum atomic E-state index is -0.829. The monoisotopic (exact) mass is 281 g/mol. The van der Waals surface area contributed by atoms with Crippen LogP contribution in [0.2, 0.25) is 0 Å². The number of nitrogens with one attached hydrogen (secondary N) is 1. The molecule has 1 N–H and O–H groups in total. The van der Waals surface area contributed by atoms with Crippen LogP contribution in [0, 0.1) is 5.92 Å². The Morgan fingerprint density at radius 1 is 1.35 bits per heavy atom. The number of nitrogens with zero attached hydrogens (tertiary/aromatic N) is 2. The van der Waals surface area contributed by atoms with Crippen molar-refractivity contribution in [3.63, 3.8) is 0 Å². The molecule has 1 amide bonds. The first-order valence-corrected chi connectivity index (χ1v) is 6.91. The number of esters is 1. The summed E-state index contributed by atoms with van der Waals surface area (Å²) in [6.07, 6.45) is 1.71. The normalized spacial score (nSPS) is 13.9. The Hall–Kier alpha value is -1.85. The molecule has 1 aromatic rings. The second-order valence-corrected chi connectivity index (χ2v) is 5.14. The van der Waals surface area contributed by atoms with E-state index in [4.69, 9.17) is 4.74 Å². The molecule has 0 aliphatic rings. The Morgan fingerprint density at radius 2 is 2.00 bits per heavy atom. The van der Waals surface area contributed by atoms with Crippen LogP contribution in [-0.2, 0) is 14.3 Å². The molecule has 0 aromatic carbocycles. The van der Waals surface area contributed by atoms with Crippen molar-refractivity contribution in [2.24, 2.45) is 5.92 Å². The van der Waals surface area contributed by atoms with Crippen LogP contribution < -0.4 is 5.32 Å². The van der Waals surface area contributed by atoms with Gasteiger partial charge in [0.1, 0.15) is 5.82 Å². The summed E-state index contributed by atoms with van der Waals surface area (Å²) in [5.41, 5.74) is 0. The lowest BCUT2D eigenvalue weighted by atomic mass is 10.2. The van der Waals surface area contributed by atoms with E-state index < -0.39 is 6.10 Å². The topological polar surface area (TPSA) is 73.2 Å². The second-order valence-electron chi connectivity index (χ2n) is 5.14. The van der Waals surface area contributed by atoms with Gasteiger partial charge < -0.3 is 10.1 Å². The van der Waals surface area contributed by atoms with Gasteiger partial charge in [-0.05, 0) is 20.3 Å². The van der Waals surface area contributed by atoms with E-state index in [1.807, 2.05) is 13.8 Å². The van der Waals surface area contributed by atoms with Gasteiger partial charge in [-0.3, -0.25) is 9.59 Å². The van der Waals surface area contributed by atoms with Gasteiger partial charge in [0.15, 0.2) is 6.10 Å². The number of hydrogen-bond donors (Lipinski definition) is 1. The maximum absolute atomic E-state index is 12.0. The highest BCUT2D eigenvalue weighted by Crippen LogP contribution is 2.16. The molecule has 0 aliphatic carbocycles. The largest absolute Gasteiger partial charge is 0.452 e. The first-order chi connectivity index (χ1) is 9.36. The lowest BCUT2D eigenvalue weighted by molar-refractivity contribution is -0.156. The fourth-order valence-electron chi connectivity index (χ4n) is 1.53. The van der Waals surface area contributed by atoms with Gasteiger partial charge in [-0.25, -0.2) is 4.68 Å². The zero-order chi connectivity index (χ0) is 15.3. The van der Waals surface area contributed by atoms with E-state index >= 15 is 0 Å². The minimum Gasteiger partial charge on any atom is -0.452 e. The van der Waals surface area contributed by atoms with Crippen molar-refractivity contribution in [3.05, 3.63) is 12.3 Å². The van der Waals surface area contributed by atoms with Gasteiger partial charge in [0.05, 0.1) is 18.2 Å². The van der Waals surface area contributed by atoms with E-state index in [0.29, 0.717) is 5.82 Å². The molecule has 0 unspecified atom stereocenters. The van der Waals surface area contributed by atoms with Crippen LogP contribution in [0.25, 0.3) is 0 Å². The molecular weight excluding hydrogens is 258 g/mol. The Balaban J connectivity index is 2.67. The Kier molecular flexibility index (Phi) is 5.73. The molecule has 1 heterocycles. The minimum absolute atomic E-state index is 0.189. The van der Waals surface area contributed by atoms with E-state index in [-0.39, 0.29) is 23.8 Å². The highest BCUT2D eigenvalue weighted by Gasteiger charge is 2.21. The molecule has 1 rings (SSSR count). The maximum Gasteiger partial charge on any atom is 0.309 e. The predicted molar refractivity (Wildman–Crippen MR) is 76.3 cm³/mol. The van der Waals surface area contributed by atoms with Gasteiger partial charge in [0.25, 0.3) is 5.91 Å². The molecule has 1 aromatic heterocycles. The zero-order valence-corrected chi connectivity index (χ0v) is 12.7. The molecule has 0 spiro atoms. The molecular formula is C14H23N3O3. The highest BCUT2D eigenvalue weighted by atomic mass is 16.5. The third kappa shape index (κ3) is 4.08. The van der Waals surface area contributed by atoms with Crippen LogP contribution in [0.4, 0.5) is 5.82 Å². The average Bonchev–Trinajstić information content (AvgIpc) is 2.85. The van der Waals surface area contributed by atoms with Gasteiger partial charge in [0, 0.05) is 6.07 Å². The summed E-state index contributed by atoms with van der Waals surface area (Å²) in [6.45, 7) is 9.07. The number of amides is 1. The van der Waals surface area contributed by atoms with Crippen molar-refractivity contribution in [1.82, 2.24) is 9.78 Å². The quantitative estimate of drug-likeness (QED) is 0.812. The van der Waals surface area contributed by atoms with Crippen molar-refractivity contribution in [1.29, 1.82) is 0 Å². The summed E-state index contributed by atoms with van der Waals surface area (Å²) in [7, 11) is 0. The van der Waals surface area contributed by atoms with Crippen molar-refractivity contribution in [2.75, 3.05) is 5.32 Å². The number of anilines is 1.